The minimum atomic E-state index is -0.555. The second-order valence-electron chi connectivity index (χ2n) is 18.8. The van der Waals surface area contributed by atoms with E-state index in [9.17, 15) is 9.59 Å². The van der Waals surface area contributed by atoms with Gasteiger partial charge in [-0.25, -0.2) is 0 Å². The Morgan fingerprint density at radius 2 is 0.682 bits per heavy atom. The Morgan fingerprint density at radius 1 is 0.348 bits per heavy atom. The Bertz CT molecular complexity index is 1180. The third-order valence-electron chi connectivity index (χ3n) is 12.2. The van der Waals surface area contributed by atoms with Crippen molar-refractivity contribution in [1.29, 1.82) is 0 Å². The van der Waals surface area contributed by atoms with E-state index < -0.39 is 6.10 Å². The number of esters is 2. The summed E-state index contributed by atoms with van der Waals surface area (Å²) in [5.41, 5.74) is 0. The topological polar surface area (TPSA) is 61.8 Å². The largest absolute Gasteiger partial charge is 0.462 e. The van der Waals surface area contributed by atoms with E-state index in [-0.39, 0.29) is 25.2 Å². The molecule has 0 saturated carbocycles. The van der Waals surface area contributed by atoms with Crippen molar-refractivity contribution < 1.29 is 23.8 Å². The number of unbranched alkanes of at least 4 members (excludes halogenated alkanes) is 29. The molecule has 5 nitrogen and oxygen atoms in total. The van der Waals surface area contributed by atoms with Crippen LogP contribution >= 0.6 is 0 Å². The summed E-state index contributed by atoms with van der Waals surface area (Å²) < 4.78 is 17.5. The fraction of sp³-hybridized carbons (Fsp3) is 0.770. The average Bonchev–Trinajstić information content (AvgIpc) is 3.32. The molecule has 0 radical (unpaired) electrons. The first kappa shape index (κ1) is 63.3. The molecule has 66 heavy (non-hydrogen) atoms. The minimum Gasteiger partial charge on any atom is -0.462 e. The quantitative estimate of drug-likeness (QED) is 0.0346. The van der Waals surface area contributed by atoms with Crippen LogP contribution in [0.5, 0.6) is 0 Å². The first-order chi connectivity index (χ1) is 32.6. The molecule has 0 heterocycles. The smallest absolute Gasteiger partial charge is 0.306 e. The van der Waals surface area contributed by atoms with Gasteiger partial charge in [-0.1, -0.05) is 248 Å². The van der Waals surface area contributed by atoms with Crippen molar-refractivity contribution in [3.05, 3.63) is 72.9 Å². The summed E-state index contributed by atoms with van der Waals surface area (Å²) in [5, 5.41) is 0. The first-order valence-electron chi connectivity index (χ1n) is 28.5. The molecule has 5 heteroatoms. The lowest BCUT2D eigenvalue weighted by atomic mass is 10.0. The second-order valence-corrected chi connectivity index (χ2v) is 18.8. The van der Waals surface area contributed by atoms with Gasteiger partial charge < -0.3 is 14.2 Å². The van der Waals surface area contributed by atoms with Crippen LogP contribution in [0.15, 0.2) is 72.9 Å². The third kappa shape index (κ3) is 54.0. The number of ether oxygens (including phenoxy) is 3. The maximum atomic E-state index is 12.8. The molecule has 0 saturated heterocycles. The van der Waals surface area contributed by atoms with Crippen LogP contribution in [0.1, 0.15) is 278 Å². The van der Waals surface area contributed by atoms with E-state index in [1.165, 1.54) is 141 Å². The van der Waals surface area contributed by atoms with Gasteiger partial charge in [-0.3, -0.25) is 9.59 Å². The van der Waals surface area contributed by atoms with Gasteiger partial charge in [0.2, 0.25) is 0 Å². The van der Waals surface area contributed by atoms with Crippen molar-refractivity contribution in [1.82, 2.24) is 0 Å². The summed E-state index contributed by atoms with van der Waals surface area (Å²) in [5.74, 6) is -0.432. The highest BCUT2D eigenvalue weighted by molar-refractivity contribution is 5.70. The maximum absolute atomic E-state index is 12.8. The number of hydrogen-bond donors (Lipinski definition) is 0. The highest BCUT2D eigenvalue weighted by Gasteiger charge is 2.17. The van der Waals surface area contributed by atoms with Crippen LogP contribution in [-0.2, 0) is 23.8 Å². The lowest BCUT2D eigenvalue weighted by molar-refractivity contribution is -0.163. The van der Waals surface area contributed by atoms with Gasteiger partial charge in [0.15, 0.2) is 6.10 Å². The van der Waals surface area contributed by atoms with E-state index in [2.05, 4.69) is 93.7 Å². The standard InChI is InChI=1S/C61H108O5/c1-4-7-10-13-16-19-22-25-28-30-32-35-38-41-44-47-50-53-56-64-57-59(66-61(63)55-52-49-46-43-40-37-33-27-24-21-18-15-12-9-6-3)58-65-60(62)54-51-48-45-42-39-36-34-31-29-26-23-20-17-14-11-8-5-2/h8,11,17-18,20-21,26-27,29,33-34,36,59H,4-7,9-10,12-16,19,22-25,28,30-32,35,37-58H2,1-3H3/b11-8-,20-17-,21-18-,29-26-,33-27-,36-34-. The maximum Gasteiger partial charge on any atom is 0.306 e. The van der Waals surface area contributed by atoms with Gasteiger partial charge in [0.05, 0.1) is 6.61 Å². The lowest BCUT2D eigenvalue weighted by Gasteiger charge is -2.18. The lowest BCUT2D eigenvalue weighted by Crippen LogP contribution is -2.30. The van der Waals surface area contributed by atoms with Crippen LogP contribution in [-0.4, -0.2) is 37.9 Å². The van der Waals surface area contributed by atoms with Crippen LogP contribution in [0.4, 0.5) is 0 Å². The summed E-state index contributed by atoms with van der Waals surface area (Å²) in [7, 11) is 0. The fourth-order valence-corrected chi connectivity index (χ4v) is 8.00. The molecule has 1 atom stereocenters. The van der Waals surface area contributed by atoms with E-state index >= 15 is 0 Å². The van der Waals surface area contributed by atoms with Crippen molar-refractivity contribution >= 4 is 11.9 Å². The number of carbonyl (C=O) groups is 2. The predicted octanol–water partition coefficient (Wildman–Crippen LogP) is 19.5. The van der Waals surface area contributed by atoms with Crippen LogP contribution in [0.25, 0.3) is 0 Å². The number of rotatable bonds is 52. The van der Waals surface area contributed by atoms with Crippen molar-refractivity contribution in [3.63, 3.8) is 0 Å². The summed E-state index contributed by atoms with van der Waals surface area (Å²) in [6.07, 6.45) is 73.5. The summed E-state index contributed by atoms with van der Waals surface area (Å²) >= 11 is 0. The Hall–Kier alpha value is -2.66. The van der Waals surface area contributed by atoms with Crippen molar-refractivity contribution in [2.75, 3.05) is 19.8 Å². The van der Waals surface area contributed by atoms with Gasteiger partial charge >= 0.3 is 11.9 Å². The van der Waals surface area contributed by atoms with E-state index in [4.69, 9.17) is 14.2 Å². The Labute approximate surface area is 410 Å². The number of hydrogen-bond acceptors (Lipinski definition) is 5. The third-order valence-corrected chi connectivity index (χ3v) is 12.2. The highest BCUT2D eigenvalue weighted by Crippen LogP contribution is 2.16. The molecule has 0 amide bonds. The zero-order valence-corrected chi connectivity index (χ0v) is 44.0. The van der Waals surface area contributed by atoms with Gasteiger partial charge in [-0.15, -0.1) is 0 Å². The molecule has 1 unspecified atom stereocenters. The van der Waals surface area contributed by atoms with Gasteiger partial charge in [0.25, 0.3) is 0 Å². The predicted molar refractivity (Wildman–Crippen MR) is 288 cm³/mol. The number of allylic oxidation sites excluding steroid dienone is 12. The highest BCUT2D eigenvalue weighted by atomic mass is 16.6. The molecule has 0 aliphatic rings. The van der Waals surface area contributed by atoms with Gasteiger partial charge in [-0.05, 0) is 89.9 Å². The normalized spacial score (nSPS) is 12.7. The zero-order valence-electron chi connectivity index (χ0n) is 44.0. The van der Waals surface area contributed by atoms with E-state index in [0.717, 1.165) is 103 Å². The molecular weight excluding hydrogens is 813 g/mol. The number of carbonyl (C=O) groups excluding carboxylic acids is 2. The van der Waals surface area contributed by atoms with E-state index in [0.29, 0.717) is 19.4 Å². The summed E-state index contributed by atoms with van der Waals surface area (Å²) in [6, 6.07) is 0. The van der Waals surface area contributed by atoms with Crippen LogP contribution in [0.2, 0.25) is 0 Å². The molecule has 0 aromatic heterocycles. The van der Waals surface area contributed by atoms with Crippen LogP contribution in [0.3, 0.4) is 0 Å². The molecule has 0 aromatic rings. The van der Waals surface area contributed by atoms with Crippen molar-refractivity contribution in [2.45, 2.75) is 284 Å². The monoisotopic (exact) mass is 921 g/mol. The molecule has 0 aliphatic heterocycles. The first-order valence-corrected chi connectivity index (χ1v) is 28.5. The van der Waals surface area contributed by atoms with Gasteiger partial charge in [0.1, 0.15) is 6.61 Å². The molecule has 0 spiro atoms. The van der Waals surface area contributed by atoms with Crippen LogP contribution in [0, 0.1) is 0 Å². The Kier molecular flexibility index (Phi) is 54.4. The zero-order chi connectivity index (χ0) is 47.7. The molecule has 0 N–H and O–H groups in total. The molecule has 0 rings (SSSR count). The van der Waals surface area contributed by atoms with Crippen molar-refractivity contribution in [2.24, 2.45) is 0 Å². The molecule has 0 bridgehead atoms. The molecule has 382 valence electrons. The SMILES string of the molecule is CC/C=C\C/C=C\C/C=C\C/C=C\CCCCCCC(=O)OCC(COCCCCCCCCCCCCCCCCCCCC)OC(=O)CCCCCCC/C=C\C/C=C\CCCCC. The fourth-order valence-electron chi connectivity index (χ4n) is 8.00. The minimum absolute atomic E-state index is 0.0672. The molecule has 0 aromatic carbocycles. The van der Waals surface area contributed by atoms with Gasteiger partial charge in [-0.2, -0.15) is 0 Å². The summed E-state index contributed by atoms with van der Waals surface area (Å²) in [6.45, 7) is 7.69. The van der Waals surface area contributed by atoms with Crippen LogP contribution < -0.4 is 0 Å². The van der Waals surface area contributed by atoms with Crippen molar-refractivity contribution in [3.8, 4) is 0 Å². The summed E-state index contributed by atoms with van der Waals surface area (Å²) in [4.78, 5) is 25.5. The molecular formula is C61H108O5. The average molecular weight is 922 g/mol. The molecule has 0 fully saturated rings. The second kappa shape index (κ2) is 56.7. The Balaban J connectivity index is 4.31. The van der Waals surface area contributed by atoms with Gasteiger partial charge in [0, 0.05) is 19.4 Å². The van der Waals surface area contributed by atoms with E-state index in [1.807, 2.05) is 0 Å². The Morgan fingerprint density at radius 3 is 1.12 bits per heavy atom. The molecule has 0 aliphatic carbocycles. The van der Waals surface area contributed by atoms with E-state index in [1.54, 1.807) is 0 Å².